The molecule has 1 aromatic carbocycles. The van der Waals surface area contributed by atoms with Crippen LogP contribution in [0.1, 0.15) is 12.5 Å². The third-order valence-electron chi connectivity index (χ3n) is 3.70. The van der Waals surface area contributed by atoms with Crippen molar-refractivity contribution in [1.82, 2.24) is 4.90 Å². The number of hydrogen-bond donors (Lipinski definition) is 0. The molecule has 2 amide bonds. The molecule has 6 nitrogen and oxygen atoms in total. The molecule has 0 N–H and O–H groups in total. The zero-order valence-corrected chi connectivity index (χ0v) is 15.4. The maximum absolute atomic E-state index is 12.3. The second-order valence-electron chi connectivity index (χ2n) is 5.62. The summed E-state index contributed by atoms with van der Waals surface area (Å²) in [6.45, 7) is 1.47. The summed E-state index contributed by atoms with van der Waals surface area (Å²) < 4.78 is 4.59. The normalized spacial score (nSPS) is 17.4. The molecular weight excluding hydrogens is 340 g/mol. The standard InChI is InChI=1S/C18H20N2O4S/c1-12(17(22)24-4)20-16(21)15(25-18(20)23)7-5-6-13-8-10-14(11-9-13)19(2)3/h5-12H,1-4H3/b6-5+,15-7+/t12-/m0/s1. The topological polar surface area (TPSA) is 66.9 Å². The van der Waals surface area contributed by atoms with Gasteiger partial charge in [0.25, 0.3) is 11.1 Å². The van der Waals surface area contributed by atoms with Crippen molar-refractivity contribution < 1.29 is 19.1 Å². The highest BCUT2D eigenvalue weighted by Gasteiger charge is 2.40. The average molecular weight is 360 g/mol. The van der Waals surface area contributed by atoms with E-state index in [0.717, 1.165) is 27.9 Å². The van der Waals surface area contributed by atoms with Crippen LogP contribution >= 0.6 is 11.8 Å². The van der Waals surface area contributed by atoms with Crippen molar-refractivity contribution in [1.29, 1.82) is 0 Å². The van der Waals surface area contributed by atoms with Crippen LogP contribution in [0.4, 0.5) is 10.5 Å². The van der Waals surface area contributed by atoms with Crippen molar-refractivity contribution >= 4 is 40.6 Å². The van der Waals surface area contributed by atoms with Crippen molar-refractivity contribution in [3.63, 3.8) is 0 Å². The molecule has 0 aromatic heterocycles. The summed E-state index contributed by atoms with van der Waals surface area (Å²) >= 11 is 0.812. The van der Waals surface area contributed by atoms with Gasteiger partial charge in [0.15, 0.2) is 0 Å². The minimum absolute atomic E-state index is 0.280. The molecule has 0 bridgehead atoms. The smallest absolute Gasteiger partial charge is 0.328 e. The van der Waals surface area contributed by atoms with E-state index in [0.29, 0.717) is 0 Å². The number of rotatable bonds is 5. The second kappa shape index (κ2) is 8.02. The maximum Gasteiger partial charge on any atom is 0.328 e. The van der Waals surface area contributed by atoms with E-state index in [1.807, 2.05) is 49.3 Å². The van der Waals surface area contributed by atoms with Gasteiger partial charge in [-0.1, -0.05) is 24.3 Å². The first-order valence-corrected chi connectivity index (χ1v) is 8.45. The van der Waals surface area contributed by atoms with Crippen molar-refractivity contribution in [2.45, 2.75) is 13.0 Å². The van der Waals surface area contributed by atoms with E-state index < -0.39 is 23.2 Å². The lowest BCUT2D eigenvalue weighted by Gasteiger charge is -2.18. The number of anilines is 1. The van der Waals surface area contributed by atoms with Gasteiger partial charge in [0.1, 0.15) is 6.04 Å². The second-order valence-corrected chi connectivity index (χ2v) is 6.61. The first-order valence-electron chi connectivity index (χ1n) is 7.64. The lowest BCUT2D eigenvalue weighted by atomic mass is 10.2. The Balaban J connectivity index is 2.10. The largest absolute Gasteiger partial charge is 0.467 e. The van der Waals surface area contributed by atoms with Crippen molar-refractivity contribution in [2.24, 2.45) is 0 Å². The third-order valence-corrected chi connectivity index (χ3v) is 4.60. The van der Waals surface area contributed by atoms with Gasteiger partial charge in [-0.25, -0.2) is 4.79 Å². The molecule has 25 heavy (non-hydrogen) atoms. The molecule has 1 atom stereocenters. The van der Waals surface area contributed by atoms with Gasteiger partial charge < -0.3 is 9.64 Å². The summed E-state index contributed by atoms with van der Waals surface area (Å²) in [4.78, 5) is 39.1. The maximum atomic E-state index is 12.3. The van der Waals surface area contributed by atoms with Gasteiger partial charge in [0.2, 0.25) is 0 Å². The highest BCUT2D eigenvalue weighted by molar-refractivity contribution is 8.18. The zero-order chi connectivity index (χ0) is 18.6. The van der Waals surface area contributed by atoms with Crippen LogP contribution in [0.25, 0.3) is 6.08 Å². The Hall–Kier alpha value is -2.54. The minimum atomic E-state index is -0.939. The summed E-state index contributed by atoms with van der Waals surface area (Å²) in [7, 11) is 5.16. The van der Waals surface area contributed by atoms with Gasteiger partial charge in [0.05, 0.1) is 12.0 Å². The first-order chi connectivity index (χ1) is 11.8. The fraction of sp³-hybridized carbons (Fsp3) is 0.278. The van der Waals surface area contributed by atoms with Gasteiger partial charge in [-0.2, -0.15) is 0 Å². The Morgan fingerprint density at radius 2 is 1.88 bits per heavy atom. The number of methoxy groups -OCH3 is 1. The van der Waals surface area contributed by atoms with E-state index in [9.17, 15) is 14.4 Å². The monoisotopic (exact) mass is 360 g/mol. The third kappa shape index (κ3) is 4.30. The summed E-state index contributed by atoms with van der Waals surface area (Å²) in [5.41, 5.74) is 2.07. The Morgan fingerprint density at radius 1 is 1.24 bits per heavy atom. The van der Waals surface area contributed by atoms with E-state index in [-0.39, 0.29) is 4.91 Å². The van der Waals surface area contributed by atoms with Crippen LogP contribution in [-0.2, 0) is 14.3 Å². The number of nitrogens with zero attached hydrogens (tertiary/aromatic N) is 2. The Labute approximate surface area is 151 Å². The molecule has 1 aliphatic rings. The molecule has 0 aliphatic carbocycles. The van der Waals surface area contributed by atoms with E-state index in [4.69, 9.17) is 0 Å². The number of imide groups is 1. The number of benzene rings is 1. The molecule has 1 aliphatic heterocycles. The molecule has 7 heteroatoms. The number of esters is 1. The van der Waals surface area contributed by atoms with E-state index in [1.54, 1.807) is 12.2 Å². The van der Waals surface area contributed by atoms with Crippen LogP contribution in [0.2, 0.25) is 0 Å². The summed E-state index contributed by atoms with van der Waals surface area (Å²) in [5.74, 6) is -1.11. The molecule has 1 heterocycles. The minimum Gasteiger partial charge on any atom is -0.467 e. The molecule has 1 saturated heterocycles. The predicted octanol–water partition coefficient (Wildman–Crippen LogP) is 2.91. The van der Waals surface area contributed by atoms with Gasteiger partial charge >= 0.3 is 5.97 Å². The number of carbonyl (C=O) groups is 3. The summed E-state index contributed by atoms with van der Waals surface area (Å²) in [6.07, 6.45) is 5.14. The number of ether oxygens (including phenoxy) is 1. The molecule has 0 unspecified atom stereocenters. The van der Waals surface area contributed by atoms with Crippen LogP contribution < -0.4 is 4.90 Å². The Bertz CT molecular complexity index is 738. The predicted molar refractivity (Wildman–Crippen MR) is 99.2 cm³/mol. The summed E-state index contributed by atoms with van der Waals surface area (Å²) in [6, 6.07) is 6.97. The number of hydrogen-bond acceptors (Lipinski definition) is 6. The fourth-order valence-corrected chi connectivity index (χ4v) is 3.09. The summed E-state index contributed by atoms with van der Waals surface area (Å²) in [5, 5.41) is -0.474. The number of carbonyl (C=O) groups excluding carboxylic acids is 3. The van der Waals surface area contributed by atoms with Crippen LogP contribution in [0, 0.1) is 0 Å². The Morgan fingerprint density at radius 3 is 2.44 bits per heavy atom. The van der Waals surface area contributed by atoms with Crippen molar-refractivity contribution in [2.75, 3.05) is 26.1 Å². The van der Waals surface area contributed by atoms with Crippen LogP contribution in [-0.4, -0.2) is 49.3 Å². The van der Waals surface area contributed by atoms with E-state index in [1.165, 1.54) is 14.0 Å². The molecule has 132 valence electrons. The quantitative estimate of drug-likeness (QED) is 0.594. The van der Waals surface area contributed by atoms with Gasteiger partial charge in [-0.3, -0.25) is 14.5 Å². The molecule has 0 spiro atoms. The highest BCUT2D eigenvalue weighted by atomic mass is 32.2. The Kier molecular flexibility index (Phi) is 6.03. The molecule has 0 saturated carbocycles. The molecule has 0 radical (unpaired) electrons. The SMILES string of the molecule is COC(=O)[C@H](C)N1C(=O)S/C(=C/C=C/c2ccc(N(C)C)cc2)C1=O. The number of allylic oxidation sites excluding steroid dienone is 2. The van der Waals surface area contributed by atoms with Crippen molar-refractivity contribution in [3.8, 4) is 0 Å². The molecule has 1 aromatic rings. The van der Waals surface area contributed by atoms with E-state index in [2.05, 4.69) is 4.74 Å². The zero-order valence-electron chi connectivity index (χ0n) is 14.6. The fourth-order valence-electron chi connectivity index (χ4n) is 2.23. The van der Waals surface area contributed by atoms with Crippen molar-refractivity contribution in [3.05, 3.63) is 46.9 Å². The van der Waals surface area contributed by atoms with Gasteiger partial charge in [-0.05, 0) is 42.5 Å². The molecular formula is C18H20N2O4S. The van der Waals surface area contributed by atoms with Crippen LogP contribution in [0.15, 0.2) is 41.3 Å². The average Bonchev–Trinajstić information content (AvgIpc) is 2.87. The van der Waals surface area contributed by atoms with Crippen LogP contribution in [0.5, 0.6) is 0 Å². The molecule has 2 rings (SSSR count). The highest BCUT2D eigenvalue weighted by Crippen LogP contribution is 2.32. The van der Waals surface area contributed by atoms with Crippen LogP contribution in [0.3, 0.4) is 0 Å². The lowest BCUT2D eigenvalue weighted by Crippen LogP contribution is -2.42. The number of thioether (sulfide) groups is 1. The lowest BCUT2D eigenvalue weighted by molar-refractivity contribution is -0.148. The number of amides is 2. The van der Waals surface area contributed by atoms with Gasteiger partial charge in [-0.15, -0.1) is 0 Å². The van der Waals surface area contributed by atoms with E-state index >= 15 is 0 Å². The molecule has 1 fully saturated rings. The first kappa shape index (κ1) is 18.8. The van der Waals surface area contributed by atoms with Gasteiger partial charge in [0, 0.05) is 19.8 Å².